The topological polar surface area (TPSA) is 52.6 Å². The Hall–Kier alpha value is -1.26. The lowest BCUT2D eigenvalue weighted by Gasteiger charge is -2.26. The molecule has 0 bridgehead atoms. The molecule has 1 rings (SSSR count). The molecular weight excluding hydrogens is 288 g/mol. The molecule has 0 radical (unpaired) electrons. The maximum Gasteiger partial charge on any atom is 0.321 e. The Bertz CT molecular complexity index is 510. The lowest BCUT2D eigenvalue weighted by Crippen LogP contribution is -2.42. The Labute approximate surface area is 132 Å². The van der Waals surface area contributed by atoms with Crippen LogP contribution in [-0.4, -0.2) is 35.2 Å². The molecule has 0 fully saturated rings. The molecule has 0 saturated carbocycles. The van der Waals surface area contributed by atoms with E-state index >= 15 is 0 Å². The number of benzene rings is 1. The van der Waals surface area contributed by atoms with Crippen molar-refractivity contribution in [2.24, 2.45) is 0 Å². The summed E-state index contributed by atoms with van der Waals surface area (Å²) in [5.74, 6) is 0. The number of hydrogen-bond donors (Lipinski definition) is 2. The molecule has 0 aliphatic heterocycles. The Kier molecular flexibility index (Phi) is 6.05. The number of carbonyl (C=O) groups excluding carboxylic acids is 1. The minimum atomic E-state index is -0.929. The highest BCUT2D eigenvalue weighted by atomic mass is 35.5. The first kappa shape index (κ1) is 17.8. The second-order valence-corrected chi connectivity index (χ2v) is 6.27. The van der Waals surface area contributed by atoms with Crippen LogP contribution in [0.5, 0.6) is 0 Å². The molecule has 2 N–H and O–H groups in total. The Morgan fingerprint density at radius 3 is 2.43 bits per heavy atom. The highest BCUT2D eigenvalue weighted by Gasteiger charge is 2.21. The molecule has 0 aliphatic carbocycles. The van der Waals surface area contributed by atoms with E-state index in [1.807, 2.05) is 26.0 Å². The van der Waals surface area contributed by atoms with Crippen molar-refractivity contribution in [1.29, 1.82) is 0 Å². The highest BCUT2D eigenvalue weighted by Crippen LogP contribution is 2.29. The molecule has 0 unspecified atom stereocenters. The second-order valence-electron chi connectivity index (χ2n) is 5.87. The van der Waals surface area contributed by atoms with E-state index in [0.29, 0.717) is 5.02 Å². The number of anilines is 1. The number of hydrogen-bond acceptors (Lipinski definition) is 2. The van der Waals surface area contributed by atoms with Crippen molar-refractivity contribution < 1.29 is 9.90 Å². The van der Waals surface area contributed by atoms with Crippen molar-refractivity contribution in [1.82, 2.24) is 4.90 Å². The fraction of sp³-hybridized carbons (Fsp3) is 0.562. The standard InChI is InChI=1S/C16H25ClN2O2/c1-6-11-8-9-13(17)12(7-2)14(11)18-15(20)19(5)10-16(3,4)21/h8-9,21H,6-7,10H2,1-5H3,(H,18,20). The van der Waals surface area contributed by atoms with Crippen molar-refractivity contribution in [2.45, 2.75) is 46.1 Å². The lowest BCUT2D eigenvalue weighted by molar-refractivity contribution is 0.0550. The fourth-order valence-electron chi connectivity index (χ4n) is 2.32. The first-order chi connectivity index (χ1) is 9.69. The molecule has 4 nitrogen and oxygen atoms in total. The van der Waals surface area contributed by atoms with Crippen LogP contribution in [-0.2, 0) is 12.8 Å². The zero-order valence-electron chi connectivity index (χ0n) is 13.5. The van der Waals surface area contributed by atoms with Gasteiger partial charge in [-0.15, -0.1) is 0 Å². The van der Waals surface area contributed by atoms with Gasteiger partial charge in [0.05, 0.1) is 17.8 Å². The van der Waals surface area contributed by atoms with Gasteiger partial charge in [0.2, 0.25) is 0 Å². The van der Waals surface area contributed by atoms with E-state index in [2.05, 4.69) is 5.32 Å². The molecule has 1 aromatic rings. The summed E-state index contributed by atoms with van der Waals surface area (Å²) in [5, 5.41) is 13.4. The summed E-state index contributed by atoms with van der Waals surface area (Å²) in [6.07, 6.45) is 1.56. The average molecular weight is 313 g/mol. The minimum absolute atomic E-state index is 0.246. The molecule has 0 aliphatic rings. The molecule has 0 saturated heterocycles. The molecule has 0 spiro atoms. The van der Waals surface area contributed by atoms with E-state index in [1.165, 1.54) is 4.90 Å². The van der Waals surface area contributed by atoms with Gasteiger partial charge in [-0.2, -0.15) is 0 Å². The number of carbonyl (C=O) groups is 1. The number of amides is 2. The molecule has 5 heteroatoms. The Balaban J connectivity index is 3.01. The van der Waals surface area contributed by atoms with Crippen LogP contribution < -0.4 is 5.32 Å². The summed E-state index contributed by atoms with van der Waals surface area (Å²) in [5.41, 5.74) is 1.86. The quantitative estimate of drug-likeness (QED) is 0.871. The van der Waals surface area contributed by atoms with E-state index in [0.717, 1.165) is 29.7 Å². The molecule has 118 valence electrons. The summed E-state index contributed by atoms with van der Waals surface area (Å²) in [4.78, 5) is 13.8. The zero-order valence-corrected chi connectivity index (χ0v) is 14.2. The monoisotopic (exact) mass is 312 g/mol. The number of halogens is 1. The number of rotatable bonds is 5. The van der Waals surface area contributed by atoms with Gasteiger partial charge in [-0.05, 0) is 43.9 Å². The maximum absolute atomic E-state index is 12.3. The highest BCUT2D eigenvalue weighted by molar-refractivity contribution is 6.31. The van der Waals surface area contributed by atoms with Gasteiger partial charge in [0.15, 0.2) is 0 Å². The number of aliphatic hydroxyl groups is 1. The molecule has 0 aromatic heterocycles. The van der Waals surface area contributed by atoms with Crippen LogP contribution in [0.2, 0.25) is 5.02 Å². The van der Waals surface area contributed by atoms with Crippen molar-refractivity contribution in [2.75, 3.05) is 18.9 Å². The minimum Gasteiger partial charge on any atom is -0.389 e. The Morgan fingerprint density at radius 2 is 1.95 bits per heavy atom. The average Bonchev–Trinajstić information content (AvgIpc) is 2.37. The van der Waals surface area contributed by atoms with Gasteiger partial charge >= 0.3 is 6.03 Å². The van der Waals surface area contributed by atoms with Gasteiger partial charge in [0, 0.05) is 12.1 Å². The normalized spacial score (nSPS) is 11.4. The van der Waals surface area contributed by atoms with Crippen molar-refractivity contribution in [3.63, 3.8) is 0 Å². The van der Waals surface area contributed by atoms with E-state index in [4.69, 9.17) is 11.6 Å². The third-order valence-electron chi connectivity index (χ3n) is 3.28. The predicted molar refractivity (Wildman–Crippen MR) is 88.2 cm³/mol. The maximum atomic E-state index is 12.3. The van der Waals surface area contributed by atoms with Crippen LogP contribution >= 0.6 is 11.6 Å². The lowest BCUT2D eigenvalue weighted by atomic mass is 10.0. The number of likely N-dealkylation sites (N-methyl/N-ethyl adjacent to an activating group) is 1. The second kappa shape index (κ2) is 7.14. The van der Waals surface area contributed by atoms with Crippen LogP contribution in [0.4, 0.5) is 10.5 Å². The summed E-state index contributed by atoms with van der Waals surface area (Å²) >= 11 is 6.22. The number of aryl methyl sites for hydroxylation is 1. The van der Waals surface area contributed by atoms with Gasteiger partial charge in [-0.3, -0.25) is 0 Å². The van der Waals surface area contributed by atoms with Crippen LogP contribution in [0.1, 0.15) is 38.8 Å². The van der Waals surface area contributed by atoms with Crippen molar-refractivity contribution in [3.8, 4) is 0 Å². The summed E-state index contributed by atoms with van der Waals surface area (Å²) in [6.45, 7) is 7.65. The first-order valence-corrected chi connectivity index (χ1v) is 7.62. The third-order valence-corrected chi connectivity index (χ3v) is 3.63. The number of nitrogens with one attached hydrogen (secondary N) is 1. The van der Waals surface area contributed by atoms with E-state index in [1.54, 1.807) is 20.9 Å². The van der Waals surface area contributed by atoms with Gasteiger partial charge in [0.25, 0.3) is 0 Å². The van der Waals surface area contributed by atoms with Gasteiger partial charge < -0.3 is 15.3 Å². The van der Waals surface area contributed by atoms with Crippen LogP contribution in [0.3, 0.4) is 0 Å². The van der Waals surface area contributed by atoms with E-state index in [-0.39, 0.29) is 12.6 Å². The fourth-order valence-corrected chi connectivity index (χ4v) is 2.61. The molecular formula is C16H25ClN2O2. The van der Waals surface area contributed by atoms with Crippen LogP contribution in [0.25, 0.3) is 0 Å². The van der Waals surface area contributed by atoms with E-state index in [9.17, 15) is 9.90 Å². The molecule has 0 heterocycles. The molecule has 2 amide bonds. The van der Waals surface area contributed by atoms with Gasteiger partial charge in [-0.1, -0.05) is 31.5 Å². The van der Waals surface area contributed by atoms with Gasteiger partial charge in [-0.25, -0.2) is 4.79 Å². The van der Waals surface area contributed by atoms with Crippen LogP contribution in [0, 0.1) is 0 Å². The number of nitrogens with zero attached hydrogens (tertiary/aromatic N) is 1. The number of urea groups is 1. The van der Waals surface area contributed by atoms with E-state index < -0.39 is 5.60 Å². The van der Waals surface area contributed by atoms with Crippen molar-refractivity contribution in [3.05, 3.63) is 28.3 Å². The first-order valence-electron chi connectivity index (χ1n) is 7.24. The van der Waals surface area contributed by atoms with Crippen molar-refractivity contribution >= 4 is 23.3 Å². The summed E-state index contributed by atoms with van der Waals surface area (Å²) in [6, 6.07) is 3.56. The predicted octanol–water partition coefficient (Wildman–Crippen LogP) is 3.70. The molecule has 1 aromatic carbocycles. The zero-order chi connectivity index (χ0) is 16.2. The van der Waals surface area contributed by atoms with Crippen LogP contribution in [0.15, 0.2) is 12.1 Å². The largest absolute Gasteiger partial charge is 0.389 e. The SMILES string of the molecule is CCc1ccc(Cl)c(CC)c1NC(=O)N(C)CC(C)(C)O. The molecule has 0 atom stereocenters. The third kappa shape index (κ3) is 4.90. The smallest absolute Gasteiger partial charge is 0.321 e. The molecule has 21 heavy (non-hydrogen) atoms. The summed E-state index contributed by atoms with van der Waals surface area (Å²) in [7, 11) is 1.66. The summed E-state index contributed by atoms with van der Waals surface area (Å²) < 4.78 is 0. The Morgan fingerprint density at radius 1 is 1.33 bits per heavy atom. The van der Waals surface area contributed by atoms with Gasteiger partial charge in [0.1, 0.15) is 0 Å².